The van der Waals surface area contributed by atoms with Gasteiger partial charge in [-0.2, -0.15) is 0 Å². The number of furan rings is 1. The minimum atomic E-state index is 0.505. The van der Waals surface area contributed by atoms with E-state index in [0.29, 0.717) is 5.92 Å². The first-order valence-electron chi connectivity index (χ1n) is 9.75. The number of piperidine rings is 1. The smallest absolute Gasteiger partial charge is 0.219 e. The molecule has 0 aliphatic carbocycles. The largest absolute Gasteiger partial charge is 0.464 e. The monoisotopic (exact) mass is 373 g/mol. The van der Waals surface area contributed by atoms with E-state index in [9.17, 15) is 4.79 Å². The minimum Gasteiger partial charge on any atom is -0.464 e. The van der Waals surface area contributed by atoms with Crippen LogP contribution >= 0.6 is 0 Å². The molecule has 0 radical (unpaired) electrons. The fourth-order valence-corrected chi connectivity index (χ4v) is 4.27. The Hall–Kier alpha value is -3.05. The molecule has 0 unspecified atom stereocenters. The van der Waals surface area contributed by atoms with Gasteiger partial charge in [-0.25, -0.2) is 0 Å². The highest BCUT2D eigenvalue weighted by molar-refractivity contribution is 5.95. The van der Waals surface area contributed by atoms with Crippen LogP contribution in [0.4, 0.5) is 11.5 Å². The molecule has 0 atom stereocenters. The van der Waals surface area contributed by atoms with E-state index in [0.717, 1.165) is 65.7 Å². The number of nitrogens with zero attached hydrogens (tertiary/aromatic N) is 2. The van der Waals surface area contributed by atoms with Gasteiger partial charge in [0.25, 0.3) is 0 Å². The lowest BCUT2D eigenvalue weighted by Crippen LogP contribution is -2.29. The number of aromatic amines is 1. The molecule has 2 aromatic heterocycles. The van der Waals surface area contributed by atoms with Gasteiger partial charge in [-0.15, -0.1) is 0 Å². The van der Waals surface area contributed by atoms with E-state index < -0.39 is 0 Å². The third-order valence-corrected chi connectivity index (χ3v) is 5.90. The Balaban J connectivity index is 1.54. The molecule has 1 amide bonds. The maximum Gasteiger partial charge on any atom is 0.219 e. The molecule has 1 aliphatic rings. The Labute approximate surface area is 163 Å². The molecule has 0 spiro atoms. The summed E-state index contributed by atoms with van der Waals surface area (Å²) in [6.45, 7) is 2.21. The number of hydrogen-bond acceptors (Lipinski definition) is 3. The van der Waals surface area contributed by atoms with E-state index in [1.807, 2.05) is 48.7 Å². The van der Waals surface area contributed by atoms with Crippen LogP contribution in [0, 0.1) is 0 Å². The summed E-state index contributed by atoms with van der Waals surface area (Å²) in [7, 11) is 2.17. The zero-order valence-corrected chi connectivity index (χ0v) is 15.9. The van der Waals surface area contributed by atoms with Crippen LogP contribution in [0.25, 0.3) is 21.9 Å². The number of nitrogens with one attached hydrogen (secondary N) is 1. The van der Waals surface area contributed by atoms with Gasteiger partial charge >= 0.3 is 0 Å². The van der Waals surface area contributed by atoms with Crippen molar-refractivity contribution in [3.63, 3.8) is 0 Å². The molecule has 4 aromatic rings. The van der Waals surface area contributed by atoms with Gasteiger partial charge < -0.3 is 14.3 Å². The van der Waals surface area contributed by atoms with Crippen molar-refractivity contribution >= 4 is 39.8 Å². The Morgan fingerprint density at radius 3 is 2.75 bits per heavy atom. The van der Waals surface area contributed by atoms with Crippen LogP contribution in [0.1, 0.15) is 24.3 Å². The number of hydrogen-bond donors (Lipinski definition) is 1. The predicted octanol–water partition coefficient (Wildman–Crippen LogP) is 5.02. The molecule has 2 aromatic carbocycles. The van der Waals surface area contributed by atoms with Gasteiger partial charge in [0.15, 0.2) is 0 Å². The van der Waals surface area contributed by atoms with Crippen molar-refractivity contribution in [2.45, 2.75) is 18.8 Å². The van der Waals surface area contributed by atoms with Gasteiger partial charge in [0.1, 0.15) is 11.4 Å². The van der Waals surface area contributed by atoms with Crippen LogP contribution in [0.15, 0.2) is 59.2 Å². The average molecular weight is 373 g/mol. The SMILES string of the molecule is CN1CCC(c2coc3ccc(N(C=O)c4cc5ccccc5[nH]4)cc23)CC1. The van der Waals surface area contributed by atoms with Crippen LogP contribution in [-0.4, -0.2) is 36.4 Å². The predicted molar refractivity (Wildman–Crippen MR) is 112 cm³/mol. The van der Waals surface area contributed by atoms with Gasteiger partial charge in [0.05, 0.1) is 12.0 Å². The highest BCUT2D eigenvalue weighted by Crippen LogP contribution is 2.37. The number of amides is 1. The number of fused-ring (bicyclic) bond motifs is 2. The number of carbonyl (C=O) groups is 1. The quantitative estimate of drug-likeness (QED) is 0.511. The standard InChI is InChI=1S/C23H23N3O2/c1-25-10-8-16(9-11-25)20-14-28-22-7-6-18(13-19(20)22)26(15-27)23-12-17-4-2-3-5-21(17)24-23/h2-7,12-16,24H,8-11H2,1H3. The number of likely N-dealkylation sites (tertiary alicyclic amines) is 1. The molecule has 5 heteroatoms. The molecule has 1 N–H and O–H groups in total. The van der Waals surface area contributed by atoms with Crippen molar-refractivity contribution in [1.82, 2.24) is 9.88 Å². The molecule has 1 aliphatic heterocycles. The van der Waals surface area contributed by atoms with Crippen LogP contribution in [-0.2, 0) is 4.79 Å². The second kappa shape index (κ2) is 6.84. The number of rotatable bonds is 4. The number of H-pyrrole nitrogens is 1. The van der Waals surface area contributed by atoms with E-state index in [2.05, 4.69) is 23.0 Å². The summed E-state index contributed by atoms with van der Waals surface area (Å²) < 4.78 is 5.82. The molecule has 28 heavy (non-hydrogen) atoms. The van der Waals surface area contributed by atoms with Gasteiger partial charge in [-0.1, -0.05) is 18.2 Å². The number of aromatic nitrogens is 1. The second-order valence-corrected chi connectivity index (χ2v) is 7.67. The van der Waals surface area contributed by atoms with Crippen LogP contribution in [0.5, 0.6) is 0 Å². The summed E-state index contributed by atoms with van der Waals surface area (Å²) >= 11 is 0. The van der Waals surface area contributed by atoms with Crippen LogP contribution in [0.2, 0.25) is 0 Å². The minimum absolute atomic E-state index is 0.505. The number of anilines is 2. The third kappa shape index (κ3) is 2.88. The molecular weight excluding hydrogens is 350 g/mol. The lowest BCUT2D eigenvalue weighted by Gasteiger charge is -2.28. The zero-order valence-electron chi connectivity index (χ0n) is 15.9. The molecule has 0 saturated carbocycles. The van der Waals surface area contributed by atoms with E-state index in [1.165, 1.54) is 5.56 Å². The highest BCUT2D eigenvalue weighted by Gasteiger charge is 2.23. The summed E-state index contributed by atoms with van der Waals surface area (Å²) in [5, 5.41) is 2.19. The molecule has 5 nitrogen and oxygen atoms in total. The Morgan fingerprint density at radius 2 is 1.96 bits per heavy atom. The number of benzene rings is 2. The average Bonchev–Trinajstić information content (AvgIpc) is 3.33. The van der Waals surface area contributed by atoms with Gasteiger partial charge in [-0.3, -0.25) is 9.69 Å². The molecule has 1 saturated heterocycles. The summed E-state index contributed by atoms with van der Waals surface area (Å²) in [6.07, 6.45) is 5.03. The first-order valence-corrected chi connectivity index (χ1v) is 9.75. The van der Waals surface area contributed by atoms with Crippen molar-refractivity contribution in [3.8, 4) is 0 Å². The maximum absolute atomic E-state index is 12.0. The Kier molecular flexibility index (Phi) is 4.17. The van der Waals surface area contributed by atoms with Gasteiger partial charge in [0.2, 0.25) is 6.41 Å². The molecule has 5 rings (SSSR count). The zero-order chi connectivity index (χ0) is 19.1. The van der Waals surface area contributed by atoms with Crippen LogP contribution < -0.4 is 4.90 Å². The highest BCUT2D eigenvalue weighted by atomic mass is 16.3. The van der Waals surface area contributed by atoms with Crippen molar-refractivity contribution < 1.29 is 9.21 Å². The molecule has 1 fully saturated rings. The van der Waals surface area contributed by atoms with Crippen molar-refractivity contribution in [3.05, 3.63) is 60.4 Å². The lowest BCUT2D eigenvalue weighted by molar-refractivity contribution is -0.106. The number of carbonyl (C=O) groups excluding carboxylic acids is 1. The Morgan fingerprint density at radius 1 is 1.14 bits per heavy atom. The van der Waals surface area contributed by atoms with E-state index >= 15 is 0 Å². The Bertz CT molecular complexity index is 1100. The normalized spacial score (nSPS) is 16.0. The number of para-hydroxylation sites is 1. The fraction of sp³-hybridized carbons (Fsp3) is 0.261. The summed E-state index contributed by atoms with van der Waals surface area (Å²) in [4.78, 5) is 19.3. The maximum atomic E-state index is 12.0. The van der Waals surface area contributed by atoms with Gasteiger partial charge in [0, 0.05) is 21.9 Å². The third-order valence-electron chi connectivity index (χ3n) is 5.90. The summed E-state index contributed by atoms with van der Waals surface area (Å²) in [6, 6.07) is 16.0. The van der Waals surface area contributed by atoms with Gasteiger partial charge in [-0.05, 0) is 69.2 Å². The van der Waals surface area contributed by atoms with E-state index in [1.54, 1.807) is 4.90 Å². The summed E-state index contributed by atoms with van der Waals surface area (Å²) in [5.74, 6) is 1.27. The molecule has 3 heterocycles. The lowest BCUT2D eigenvalue weighted by atomic mass is 9.89. The van der Waals surface area contributed by atoms with Crippen molar-refractivity contribution in [1.29, 1.82) is 0 Å². The van der Waals surface area contributed by atoms with Crippen molar-refractivity contribution in [2.75, 3.05) is 25.0 Å². The molecule has 142 valence electrons. The summed E-state index contributed by atoms with van der Waals surface area (Å²) in [5.41, 5.74) is 3.98. The fourth-order valence-electron chi connectivity index (χ4n) is 4.27. The second-order valence-electron chi connectivity index (χ2n) is 7.67. The molecular formula is C23H23N3O2. The van der Waals surface area contributed by atoms with Crippen LogP contribution in [0.3, 0.4) is 0 Å². The van der Waals surface area contributed by atoms with Crippen molar-refractivity contribution in [2.24, 2.45) is 0 Å². The van der Waals surface area contributed by atoms with E-state index in [-0.39, 0.29) is 0 Å². The molecule has 0 bridgehead atoms. The van der Waals surface area contributed by atoms with E-state index in [4.69, 9.17) is 4.42 Å². The first-order chi connectivity index (χ1) is 13.7. The first kappa shape index (κ1) is 17.1. The topological polar surface area (TPSA) is 52.5 Å².